The predicted molar refractivity (Wildman–Crippen MR) is 133 cm³/mol. The summed E-state index contributed by atoms with van der Waals surface area (Å²) in [6, 6.07) is 0. The van der Waals surface area contributed by atoms with Crippen molar-refractivity contribution in [2.24, 2.45) is 34.5 Å². The summed E-state index contributed by atoms with van der Waals surface area (Å²) in [6.07, 6.45) is 13.7. The summed E-state index contributed by atoms with van der Waals surface area (Å²) in [6.45, 7) is 17.1. The summed E-state index contributed by atoms with van der Waals surface area (Å²) in [5, 5.41) is 0. The van der Waals surface area contributed by atoms with Crippen molar-refractivity contribution in [1.82, 2.24) is 0 Å². The van der Waals surface area contributed by atoms with E-state index in [2.05, 4.69) is 53.0 Å². The van der Waals surface area contributed by atoms with Crippen LogP contribution < -0.4 is 0 Å². The van der Waals surface area contributed by atoms with Crippen LogP contribution >= 0.6 is 0 Å². The molecule has 8 atom stereocenters. The van der Waals surface area contributed by atoms with Crippen LogP contribution in [-0.2, 0) is 19.1 Å². The quantitative estimate of drug-likeness (QED) is 0.234. The summed E-state index contributed by atoms with van der Waals surface area (Å²) in [5.74, 6) is 1.61. The Kier molecular flexibility index (Phi) is 5.73. The number of esters is 2. The molecule has 0 aromatic carbocycles. The Bertz CT molecular complexity index is 1000. The Hall–Kier alpha value is -2.10. The van der Waals surface area contributed by atoms with E-state index in [4.69, 9.17) is 9.47 Å². The lowest BCUT2D eigenvalue weighted by atomic mass is 9.58. The maximum absolute atomic E-state index is 11.6. The minimum Gasteiger partial charge on any atom is -0.458 e. The van der Waals surface area contributed by atoms with Gasteiger partial charge in [-0.2, -0.15) is 0 Å². The van der Waals surface area contributed by atoms with E-state index < -0.39 is 0 Å². The van der Waals surface area contributed by atoms with Gasteiger partial charge in [0.05, 0.1) is 0 Å². The molecule has 0 N–H and O–H groups in total. The fourth-order valence-corrected chi connectivity index (χ4v) is 7.72. The van der Waals surface area contributed by atoms with Crippen LogP contribution in [-0.4, -0.2) is 24.1 Å². The van der Waals surface area contributed by atoms with E-state index in [1.807, 2.05) is 0 Å². The van der Waals surface area contributed by atoms with Crippen molar-refractivity contribution in [1.29, 1.82) is 0 Å². The lowest BCUT2D eigenvalue weighted by Crippen LogP contribution is -2.41. The highest BCUT2D eigenvalue weighted by molar-refractivity contribution is 5.91. The van der Waals surface area contributed by atoms with Gasteiger partial charge in [-0.1, -0.05) is 64.2 Å². The maximum atomic E-state index is 11.6. The molecule has 6 rings (SSSR count). The van der Waals surface area contributed by atoms with Crippen molar-refractivity contribution in [2.45, 2.75) is 91.3 Å². The first-order chi connectivity index (χ1) is 16.0. The van der Waals surface area contributed by atoms with Crippen LogP contribution in [0.25, 0.3) is 0 Å². The van der Waals surface area contributed by atoms with E-state index in [1.54, 1.807) is 0 Å². The first kappa shape index (κ1) is 23.6. The highest BCUT2D eigenvalue weighted by Gasteiger charge is 2.52. The van der Waals surface area contributed by atoms with Gasteiger partial charge in [-0.25, -0.2) is 9.59 Å². The molecule has 184 valence electrons. The third kappa shape index (κ3) is 3.72. The molecule has 2 saturated carbocycles. The summed E-state index contributed by atoms with van der Waals surface area (Å²) in [5.41, 5.74) is 4.96. The van der Waals surface area contributed by atoms with Gasteiger partial charge in [0.25, 0.3) is 0 Å². The average molecular weight is 465 g/mol. The number of carbonyl (C=O) groups excluding carboxylic acids is 2. The second-order valence-corrected chi connectivity index (χ2v) is 12.4. The number of hydrogen-bond acceptors (Lipinski definition) is 4. The zero-order chi connectivity index (χ0) is 24.4. The van der Waals surface area contributed by atoms with Crippen LogP contribution in [0.2, 0.25) is 0 Å². The van der Waals surface area contributed by atoms with Gasteiger partial charge in [-0.3, -0.25) is 0 Å². The van der Waals surface area contributed by atoms with Gasteiger partial charge in [0.15, 0.2) is 0 Å². The molecule has 4 fully saturated rings. The molecule has 2 heterocycles. The molecule has 0 bridgehead atoms. The highest BCUT2D eigenvalue weighted by Crippen LogP contribution is 2.56. The van der Waals surface area contributed by atoms with Crippen LogP contribution in [0.4, 0.5) is 0 Å². The molecule has 0 aromatic heterocycles. The van der Waals surface area contributed by atoms with Gasteiger partial charge in [0.2, 0.25) is 0 Å². The van der Waals surface area contributed by atoms with Gasteiger partial charge < -0.3 is 9.47 Å². The van der Waals surface area contributed by atoms with Crippen molar-refractivity contribution in [3.8, 4) is 0 Å². The molecule has 0 aromatic rings. The van der Waals surface area contributed by atoms with Crippen LogP contribution in [0, 0.1) is 34.5 Å². The van der Waals surface area contributed by atoms with Crippen LogP contribution in [0.5, 0.6) is 0 Å². The Balaban J connectivity index is 0.000000142. The zero-order valence-corrected chi connectivity index (χ0v) is 21.3. The monoisotopic (exact) mass is 464 g/mol. The molecule has 0 amide bonds. The predicted octanol–water partition coefficient (Wildman–Crippen LogP) is 6.48. The molecule has 2 aliphatic heterocycles. The van der Waals surface area contributed by atoms with E-state index in [1.165, 1.54) is 36.8 Å². The third-order valence-corrected chi connectivity index (χ3v) is 10.1. The number of hydrogen-bond donors (Lipinski definition) is 0. The largest absolute Gasteiger partial charge is 0.458 e. The topological polar surface area (TPSA) is 52.6 Å². The van der Waals surface area contributed by atoms with Gasteiger partial charge in [0, 0.05) is 29.4 Å². The second kappa shape index (κ2) is 8.24. The van der Waals surface area contributed by atoms with Crippen LogP contribution in [0.3, 0.4) is 0 Å². The Morgan fingerprint density at radius 3 is 2.26 bits per heavy atom. The minimum absolute atomic E-state index is 0.0720. The fraction of sp³-hybridized carbons (Fsp3) is 0.667. The molecule has 34 heavy (non-hydrogen) atoms. The molecular weight excluding hydrogens is 424 g/mol. The van der Waals surface area contributed by atoms with E-state index >= 15 is 0 Å². The maximum Gasteiger partial charge on any atom is 0.334 e. The van der Waals surface area contributed by atoms with Crippen molar-refractivity contribution >= 4 is 11.9 Å². The molecule has 4 heteroatoms. The van der Waals surface area contributed by atoms with E-state index in [-0.39, 0.29) is 46.8 Å². The molecule has 8 unspecified atom stereocenters. The number of fused-ring (bicyclic) bond motifs is 4. The first-order valence-electron chi connectivity index (χ1n) is 13.2. The smallest absolute Gasteiger partial charge is 0.334 e. The van der Waals surface area contributed by atoms with Crippen molar-refractivity contribution in [3.05, 3.63) is 47.6 Å². The SMILES string of the molecule is C=C1C(=O)OC2CC3(C)C(=CCCC3C)CC12.C=C1C(=O)OC2CC3=CCC(C)CC3(C)CC12. The number of carbonyl (C=O) groups is 2. The van der Waals surface area contributed by atoms with Crippen molar-refractivity contribution in [3.63, 3.8) is 0 Å². The highest BCUT2D eigenvalue weighted by atomic mass is 16.6. The van der Waals surface area contributed by atoms with Crippen molar-refractivity contribution < 1.29 is 19.1 Å². The molecule has 4 aliphatic carbocycles. The third-order valence-electron chi connectivity index (χ3n) is 10.1. The molecule has 0 radical (unpaired) electrons. The van der Waals surface area contributed by atoms with E-state index in [0.29, 0.717) is 17.1 Å². The molecule has 4 nitrogen and oxygen atoms in total. The average Bonchev–Trinajstić information content (AvgIpc) is 3.20. The van der Waals surface area contributed by atoms with Gasteiger partial charge in [-0.05, 0) is 67.6 Å². The standard InChI is InChI=1S/2C15H20O2/c1-9-4-5-11-6-13-12(8-15(11,3)7-9)10(2)14(16)17-13;1-9-5-4-6-11-7-12-10(2)14(16)17-13(12)8-15(9,11)3/h5,9,12-13H,2,4,6-8H2,1,3H3;6,9,12-13H,2,4-5,7-8H2,1,3H3. The normalized spacial score (nSPS) is 44.8. The van der Waals surface area contributed by atoms with Gasteiger partial charge in [0.1, 0.15) is 12.2 Å². The van der Waals surface area contributed by atoms with Gasteiger partial charge >= 0.3 is 11.9 Å². The molecule has 6 aliphatic rings. The second-order valence-electron chi connectivity index (χ2n) is 12.4. The fourth-order valence-electron chi connectivity index (χ4n) is 7.72. The van der Waals surface area contributed by atoms with E-state index in [9.17, 15) is 9.59 Å². The number of allylic oxidation sites excluding steroid dienone is 3. The summed E-state index contributed by atoms with van der Waals surface area (Å²) in [7, 11) is 0. The van der Waals surface area contributed by atoms with E-state index in [0.717, 1.165) is 31.6 Å². The number of rotatable bonds is 0. The lowest BCUT2D eigenvalue weighted by molar-refractivity contribution is -0.141. The summed E-state index contributed by atoms with van der Waals surface area (Å²) >= 11 is 0. The van der Waals surface area contributed by atoms with Crippen LogP contribution in [0.1, 0.15) is 79.1 Å². The van der Waals surface area contributed by atoms with Gasteiger partial charge in [-0.15, -0.1) is 0 Å². The first-order valence-corrected chi connectivity index (χ1v) is 13.2. The Labute approximate surface area is 204 Å². The molecule has 2 saturated heterocycles. The van der Waals surface area contributed by atoms with Crippen LogP contribution in [0.15, 0.2) is 47.6 Å². The minimum atomic E-state index is -0.171. The zero-order valence-electron chi connectivity index (χ0n) is 21.3. The summed E-state index contributed by atoms with van der Waals surface area (Å²) < 4.78 is 10.9. The van der Waals surface area contributed by atoms with Crippen molar-refractivity contribution in [2.75, 3.05) is 0 Å². The Morgan fingerprint density at radius 1 is 0.853 bits per heavy atom. The number of ether oxygens (including phenoxy) is 2. The molecular formula is C30H40O4. The summed E-state index contributed by atoms with van der Waals surface area (Å²) in [4.78, 5) is 23.2. The Morgan fingerprint density at radius 2 is 1.53 bits per heavy atom. The lowest BCUT2D eigenvalue weighted by Gasteiger charge is -2.47. The molecule has 0 spiro atoms.